The van der Waals surface area contributed by atoms with Gasteiger partial charge in [0.25, 0.3) is 0 Å². The molecular formula is C48H44O14Si8. The van der Waals surface area contributed by atoms with E-state index in [0.717, 1.165) is 0 Å². The molecule has 0 unspecified atom stereocenters. The van der Waals surface area contributed by atoms with Gasteiger partial charge in [0.05, 0.1) is 0 Å². The highest BCUT2D eigenvalue weighted by Gasteiger charge is 2.86. The van der Waals surface area contributed by atoms with Crippen LogP contribution >= 0.6 is 0 Å². The van der Waals surface area contributed by atoms with Gasteiger partial charge in [-0.05, 0) is 12.8 Å². The molecule has 0 atom stereocenters. The predicted molar refractivity (Wildman–Crippen MR) is 272 cm³/mol. The summed E-state index contributed by atoms with van der Waals surface area (Å²) in [5.74, 6) is -1.13. The molecule has 22 heteroatoms. The SMILES string of the molecule is C=C(CCC[Si]12O[Si]3(c4ccccc4)O[Si]4(c5ccccc5)O[Si](c5ccccc5)(O1)O[Si]1(c5ccccc5)O[Si](c5ccccc5)(O2)O[Si](c2ccccc2)(O3)O[Si](c2ccccc2)(O4)O1)C(=O)O. The van der Waals surface area contributed by atoms with Crippen LogP contribution in [0.3, 0.4) is 0 Å². The Hall–Kier alpha value is -4.99. The first-order chi connectivity index (χ1) is 34.0. The summed E-state index contributed by atoms with van der Waals surface area (Å²) in [6, 6.07) is 65.9. The van der Waals surface area contributed by atoms with Gasteiger partial charge in [-0.2, -0.15) is 0 Å². The Kier molecular flexibility index (Phi) is 11.6. The minimum Gasteiger partial charge on any atom is -0.478 e. The molecule has 0 radical (unpaired) electrons. The summed E-state index contributed by atoms with van der Waals surface area (Å²) in [5.41, 5.74) is -0.00545. The number of hydrogen-bond acceptors (Lipinski definition) is 13. The number of benzene rings is 7. The van der Waals surface area contributed by atoms with E-state index in [0.29, 0.717) is 36.3 Å². The van der Waals surface area contributed by atoms with E-state index in [9.17, 15) is 9.90 Å². The summed E-state index contributed by atoms with van der Waals surface area (Å²) < 4.78 is 96.3. The van der Waals surface area contributed by atoms with E-state index in [1.807, 2.05) is 212 Å². The van der Waals surface area contributed by atoms with Crippen LogP contribution in [0.15, 0.2) is 224 Å². The molecular weight excluding hydrogens is 1030 g/mol. The topological polar surface area (TPSA) is 148 Å². The molecule has 7 aromatic carbocycles. The number of carboxylic acids is 1. The second-order valence-electron chi connectivity index (χ2n) is 17.1. The van der Waals surface area contributed by atoms with Crippen LogP contribution in [0.2, 0.25) is 6.04 Å². The van der Waals surface area contributed by atoms with Crippen molar-refractivity contribution in [1.29, 1.82) is 0 Å². The Bertz CT molecular complexity index is 2740. The van der Waals surface area contributed by atoms with Crippen molar-refractivity contribution in [3.63, 3.8) is 0 Å². The van der Waals surface area contributed by atoms with Crippen molar-refractivity contribution in [1.82, 2.24) is 0 Å². The van der Waals surface area contributed by atoms with E-state index in [1.165, 1.54) is 0 Å². The highest BCUT2D eigenvalue weighted by molar-refractivity contribution is 7.13. The zero-order valence-electron chi connectivity index (χ0n) is 37.3. The fourth-order valence-electron chi connectivity index (χ4n) is 9.22. The third-order valence-electron chi connectivity index (χ3n) is 12.4. The van der Waals surface area contributed by atoms with E-state index < -0.39 is 76.4 Å². The Labute approximate surface area is 413 Å². The van der Waals surface area contributed by atoms with Gasteiger partial charge in [-0.3, -0.25) is 0 Å². The lowest BCUT2D eigenvalue weighted by atomic mass is 10.2. The van der Waals surface area contributed by atoms with Crippen LogP contribution in [0.1, 0.15) is 12.8 Å². The van der Waals surface area contributed by atoms with Gasteiger partial charge in [0, 0.05) is 47.9 Å². The number of rotatable bonds is 12. The summed E-state index contributed by atoms with van der Waals surface area (Å²) in [6.07, 6.45) is 0.228. The standard InChI is InChI=1S/C48H44O14Si8/c1-40(48(49)50)24-23-39-63-51-64(41-25-9-2-10-26-41)54-67(44-31-15-5-16-32-44)56-65(52-63,42-27-11-3-12-28-42)58-69(46-35-19-7-20-36-46)59-66(53-63,43-29-13-4-14-30-43)57-68(55-64,45-33-17-6-18-34-45)61-70(60-67,62-69)47-37-21-8-22-38-47/h2-22,25-38H,1,23-24,39H2,(H,49,50). The molecule has 1 N–H and O–H groups in total. The predicted octanol–water partition coefficient (Wildman–Crippen LogP) is 3.54. The second kappa shape index (κ2) is 17.6. The highest BCUT2D eigenvalue weighted by Crippen LogP contribution is 2.49. The zero-order chi connectivity index (χ0) is 47.6. The van der Waals surface area contributed by atoms with Gasteiger partial charge in [-0.15, -0.1) is 0 Å². The van der Waals surface area contributed by atoms with E-state index in [2.05, 4.69) is 6.58 Å². The molecule has 14 nitrogen and oxygen atoms in total. The monoisotopic (exact) mass is 1070 g/mol. The third-order valence-corrected chi connectivity index (χ3v) is 47.0. The van der Waals surface area contributed by atoms with E-state index in [4.69, 9.17) is 49.4 Å². The Balaban J connectivity index is 1.27. The lowest BCUT2D eigenvalue weighted by molar-refractivity contribution is -0.132. The second-order valence-corrected chi connectivity index (χ2v) is 40.6. The molecule has 0 aromatic heterocycles. The average molecular weight is 1070 g/mol. The minimum absolute atomic E-state index is 0.00545. The van der Waals surface area contributed by atoms with E-state index >= 15 is 0 Å². The Morgan fingerprint density at radius 3 is 0.700 bits per heavy atom. The van der Waals surface area contributed by atoms with E-state index in [1.54, 1.807) is 0 Å². The number of aliphatic carboxylic acids is 1. The molecule has 0 amide bonds. The van der Waals surface area contributed by atoms with Gasteiger partial charge >= 0.3 is 76.4 Å². The zero-order valence-corrected chi connectivity index (χ0v) is 45.3. The van der Waals surface area contributed by atoms with Gasteiger partial charge in [0.2, 0.25) is 0 Å². The molecule has 6 aliphatic heterocycles. The van der Waals surface area contributed by atoms with Crippen LogP contribution in [0.5, 0.6) is 0 Å². The molecule has 6 heterocycles. The number of carboxylic acid groups (broad SMARTS) is 1. The van der Waals surface area contributed by atoms with Crippen molar-refractivity contribution in [3.8, 4) is 0 Å². The van der Waals surface area contributed by atoms with Crippen molar-refractivity contribution >= 4 is 113 Å². The molecule has 0 spiro atoms. The molecule has 6 saturated heterocycles. The first-order valence-electron chi connectivity index (χ1n) is 22.8. The van der Waals surface area contributed by atoms with Crippen molar-refractivity contribution in [2.24, 2.45) is 0 Å². The quantitative estimate of drug-likeness (QED) is 0.141. The summed E-state index contributed by atoms with van der Waals surface area (Å²) in [4.78, 5) is 12.3. The van der Waals surface area contributed by atoms with Crippen LogP contribution in [-0.2, 0) is 54.2 Å². The van der Waals surface area contributed by atoms with Crippen LogP contribution in [-0.4, -0.2) is 81.5 Å². The summed E-state index contributed by atoms with van der Waals surface area (Å²) in [5, 5.41) is 13.7. The average Bonchev–Trinajstić information content (AvgIpc) is 3.37. The lowest BCUT2D eigenvalue weighted by Crippen LogP contribution is -2.95. The molecule has 8 bridgehead atoms. The molecule has 0 aliphatic carbocycles. The van der Waals surface area contributed by atoms with Crippen LogP contribution in [0.25, 0.3) is 0 Å². The normalized spacial score (nSPS) is 33.0. The first-order valence-corrected chi connectivity index (χ1v) is 36.8. The van der Waals surface area contributed by atoms with Crippen LogP contribution in [0, 0.1) is 0 Å². The molecule has 7 aromatic rings. The third kappa shape index (κ3) is 7.82. The summed E-state index contributed by atoms with van der Waals surface area (Å²) >= 11 is 0. The summed E-state index contributed by atoms with van der Waals surface area (Å²) in [7, 11) is -38.2. The fourth-order valence-corrected chi connectivity index (χ4v) is 55.8. The molecule has 70 heavy (non-hydrogen) atoms. The molecule has 13 rings (SSSR count). The van der Waals surface area contributed by atoms with Gasteiger partial charge in [0.1, 0.15) is 0 Å². The maximum atomic E-state index is 12.3. The van der Waals surface area contributed by atoms with Gasteiger partial charge < -0.3 is 54.5 Å². The minimum atomic E-state index is -4.79. The maximum absolute atomic E-state index is 12.3. The van der Waals surface area contributed by atoms with Crippen LogP contribution < -0.4 is 36.3 Å². The first kappa shape index (κ1) is 46.1. The maximum Gasteiger partial charge on any atom is 0.515 e. The largest absolute Gasteiger partial charge is 0.515 e. The fraction of sp³-hybridized carbons (Fsp3) is 0.0625. The van der Waals surface area contributed by atoms with Crippen molar-refractivity contribution in [3.05, 3.63) is 224 Å². The molecule has 0 saturated carbocycles. The molecule has 352 valence electrons. The van der Waals surface area contributed by atoms with Gasteiger partial charge in [0.15, 0.2) is 0 Å². The van der Waals surface area contributed by atoms with Crippen molar-refractivity contribution in [2.45, 2.75) is 18.9 Å². The smallest absolute Gasteiger partial charge is 0.478 e. The van der Waals surface area contributed by atoms with Gasteiger partial charge in [-0.25, -0.2) is 4.79 Å². The Morgan fingerprint density at radius 2 is 0.514 bits per heavy atom. The number of carbonyl (C=O) groups is 1. The summed E-state index contributed by atoms with van der Waals surface area (Å²) in [6.45, 7) is 3.88. The van der Waals surface area contributed by atoms with Gasteiger partial charge in [-0.1, -0.05) is 219 Å². The number of hydrogen-bond donors (Lipinski definition) is 1. The molecule has 6 aliphatic rings. The Morgan fingerprint density at radius 1 is 0.329 bits per heavy atom. The van der Waals surface area contributed by atoms with Crippen molar-refractivity contribution in [2.75, 3.05) is 0 Å². The molecule has 6 fully saturated rings. The lowest BCUT2D eigenvalue weighted by Gasteiger charge is -2.62. The highest BCUT2D eigenvalue weighted by atomic mass is 28.6. The van der Waals surface area contributed by atoms with Crippen molar-refractivity contribution < 1.29 is 59.3 Å². The van der Waals surface area contributed by atoms with E-state index in [-0.39, 0.29) is 24.5 Å². The van der Waals surface area contributed by atoms with Crippen LogP contribution in [0.4, 0.5) is 0 Å².